The molecular weight excluding hydrogens is 1210 g/mol. The third kappa shape index (κ3) is 26.8. The Bertz CT molecular complexity index is 2850. The molecule has 0 saturated carbocycles. The Balaban J connectivity index is 2.27. The van der Waals surface area contributed by atoms with Crippen molar-refractivity contribution in [1.29, 1.82) is 0 Å². The number of aliphatic hydroxyl groups is 1. The summed E-state index contributed by atoms with van der Waals surface area (Å²) in [6.45, 7) is 6.89. The number of carboxylic acids is 3. The number of phenolic OH excluding ortho intramolecular Hbond substituents is 1. The van der Waals surface area contributed by atoms with E-state index in [9.17, 15) is 102 Å². The number of aliphatic hydroxyl groups excluding tert-OH is 1. The topological polar surface area (TPSA) is 567 Å². The van der Waals surface area contributed by atoms with Crippen molar-refractivity contribution in [2.75, 3.05) is 19.7 Å². The van der Waals surface area contributed by atoms with Gasteiger partial charge in [-0.3, -0.25) is 81.5 Å². The molecule has 0 aromatic heterocycles. The summed E-state index contributed by atoms with van der Waals surface area (Å²) in [7, 11) is 0. The number of amides is 13. The lowest BCUT2D eigenvalue weighted by Crippen LogP contribution is -2.61. The van der Waals surface area contributed by atoms with Crippen LogP contribution < -0.4 is 64.6 Å². The molecule has 1 saturated heterocycles. The van der Waals surface area contributed by atoms with E-state index in [4.69, 9.17) is 16.6 Å². The number of rotatable bonds is 40. The molecule has 1 aromatic carbocycles. The maximum Gasteiger partial charge on any atom is 0.305 e. The molecule has 1 aliphatic heterocycles. The van der Waals surface area contributed by atoms with Crippen LogP contribution in [0.15, 0.2) is 24.3 Å². The average Bonchev–Trinajstić information content (AvgIpc) is 1.86. The van der Waals surface area contributed by atoms with E-state index in [0.29, 0.717) is 5.56 Å². The lowest BCUT2D eigenvalue weighted by Gasteiger charge is -2.33. The number of benzene rings is 1. The summed E-state index contributed by atoms with van der Waals surface area (Å²) in [5.74, 6) is -20.8. The van der Waals surface area contributed by atoms with Crippen molar-refractivity contribution >= 4 is 100 Å². The molecule has 35 nitrogen and oxygen atoms in total. The van der Waals surface area contributed by atoms with Crippen molar-refractivity contribution in [2.24, 2.45) is 23.3 Å². The predicted molar refractivity (Wildman–Crippen MR) is 313 cm³/mol. The fourth-order valence-electron chi connectivity index (χ4n) is 9.13. The van der Waals surface area contributed by atoms with Crippen molar-refractivity contribution in [3.8, 4) is 5.75 Å². The van der Waals surface area contributed by atoms with Crippen LogP contribution in [0.25, 0.3) is 0 Å². The number of nitrogens with zero attached hydrogens (tertiary/aromatic N) is 1. The van der Waals surface area contributed by atoms with Crippen LogP contribution in [-0.4, -0.2) is 211 Å². The number of phenols is 1. The molecule has 0 radical (unpaired) electrons. The van der Waals surface area contributed by atoms with Gasteiger partial charge in [0.1, 0.15) is 60.1 Å². The molecule has 0 aliphatic carbocycles. The van der Waals surface area contributed by atoms with Gasteiger partial charge < -0.3 is 95.1 Å². The van der Waals surface area contributed by atoms with Gasteiger partial charge in [0.05, 0.1) is 25.6 Å². The van der Waals surface area contributed by atoms with Crippen LogP contribution in [0, 0.1) is 11.8 Å². The normalized spacial score (nSPS) is 15.6. The standard InChI is InChI=1S/C56H83N13O22/c1-7-9-31(62-53(88)38-10-8-21-69(38)56(91)45(27(4)5)68-54(89)44(26(2)3)67-50(85)34(17-20-42(77)78)63-48(83)32(60-28(6)71)16-19-41(75)76)46(81)55(90)59-24-40(74)61-33(15-18-39(57)73)49(84)65-36(23-43(79)80)52(87)64-35(22-29-11-13-30(72)14-12-29)51(86)66-37(25-70)47(58)82/h11-14,26-27,31-38,44-45,70,72H,7-10,15-25H2,1-6H3,(H2,57,73)(H2,58,82)(H,59,90)(H,60,71)(H,61,74)(H,62,88)(H,63,83)(H,64,87)(H,65,84)(H,66,86)(H,67,85)(H,68,89)(H,75,76)(H,77,78)(H,79,80)/t31-,32-,33+,34-,35+,36-,37-,38-,44-,45-/m0/s1. The first-order valence-corrected chi connectivity index (χ1v) is 29.0. The van der Waals surface area contributed by atoms with E-state index in [2.05, 4.69) is 53.2 Å². The highest BCUT2D eigenvalue weighted by Gasteiger charge is 2.42. The van der Waals surface area contributed by atoms with Gasteiger partial charge in [-0.05, 0) is 68.1 Å². The van der Waals surface area contributed by atoms with E-state index in [1.165, 1.54) is 38.1 Å². The number of likely N-dealkylation sites (tertiary alicyclic amines) is 1. The van der Waals surface area contributed by atoms with Crippen molar-refractivity contribution in [3.63, 3.8) is 0 Å². The third-order valence-electron chi connectivity index (χ3n) is 14.0. The minimum atomic E-state index is -2.01. The molecule has 0 unspecified atom stereocenters. The highest BCUT2D eigenvalue weighted by atomic mass is 16.4. The second-order valence-corrected chi connectivity index (χ2v) is 22.1. The summed E-state index contributed by atoms with van der Waals surface area (Å²) in [5, 5.41) is 70.5. The first kappa shape index (κ1) is 77.3. The van der Waals surface area contributed by atoms with Gasteiger partial charge in [0.15, 0.2) is 0 Å². The summed E-state index contributed by atoms with van der Waals surface area (Å²) in [5.41, 5.74) is 10.8. The van der Waals surface area contributed by atoms with Crippen LogP contribution in [0.2, 0.25) is 0 Å². The molecule has 10 atom stereocenters. The number of nitrogens with one attached hydrogen (secondary N) is 10. The number of primary amides is 2. The quantitative estimate of drug-likeness (QED) is 0.0272. The van der Waals surface area contributed by atoms with Crippen LogP contribution in [0.5, 0.6) is 5.75 Å². The van der Waals surface area contributed by atoms with Gasteiger partial charge in [-0.1, -0.05) is 53.2 Å². The minimum absolute atomic E-state index is 0.0153. The molecule has 19 N–H and O–H groups in total. The molecule has 0 bridgehead atoms. The Hall–Kier alpha value is -9.83. The van der Waals surface area contributed by atoms with Gasteiger partial charge in [0, 0.05) is 39.2 Å². The summed E-state index contributed by atoms with van der Waals surface area (Å²) in [4.78, 5) is 222. The average molecular weight is 1290 g/mol. The van der Waals surface area contributed by atoms with Crippen LogP contribution in [0.4, 0.5) is 0 Å². The maximum atomic E-state index is 14.3. The lowest BCUT2D eigenvalue weighted by atomic mass is 9.98. The molecule has 13 amide bonds. The second-order valence-electron chi connectivity index (χ2n) is 22.1. The second kappa shape index (κ2) is 37.9. The molecule has 1 aromatic rings. The van der Waals surface area contributed by atoms with Gasteiger partial charge in [-0.25, -0.2) is 0 Å². The smallest absolute Gasteiger partial charge is 0.305 e. The number of aromatic hydroxyl groups is 1. The zero-order valence-corrected chi connectivity index (χ0v) is 51.1. The Kier molecular flexibility index (Phi) is 32.2. The Labute approximate surface area is 521 Å². The van der Waals surface area contributed by atoms with Gasteiger partial charge in [0.25, 0.3) is 5.91 Å². The minimum Gasteiger partial charge on any atom is -0.508 e. The van der Waals surface area contributed by atoms with Crippen LogP contribution in [-0.2, 0) is 87.9 Å². The number of hydrogen-bond acceptors (Lipinski definition) is 19. The largest absolute Gasteiger partial charge is 0.508 e. The number of carbonyl (C=O) groups is 17. The van der Waals surface area contributed by atoms with E-state index in [0.717, 1.165) is 11.8 Å². The van der Waals surface area contributed by atoms with Crippen LogP contribution in [0.1, 0.15) is 118 Å². The molecular formula is C56H83N13O22. The van der Waals surface area contributed by atoms with Gasteiger partial charge >= 0.3 is 17.9 Å². The number of hydrogen-bond donors (Lipinski definition) is 17. The first-order chi connectivity index (χ1) is 42.6. The molecule has 0 spiro atoms. The number of ketones is 1. The molecule has 504 valence electrons. The fourth-order valence-corrected chi connectivity index (χ4v) is 9.13. The molecule has 2 rings (SSSR count). The number of nitrogens with two attached hydrogens (primary N) is 2. The number of carboxylic acid groups (broad SMARTS) is 3. The Morgan fingerprint density at radius 2 is 1.04 bits per heavy atom. The molecule has 35 heteroatoms. The van der Waals surface area contributed by atoms with E-state index in [1.807, 2.05) is 0 Å². The maximum absolute atomic E-state index is 14.3. The molecule has 1 fully saturated rings. The van der Waals surface area contributed by atoms with Crippen LogP contribution in [0.3, 0.4) is 0 Å². The van der Waals surface area contributed by atoms with Gasteiger partial charge in [-0.2, -0.15) is 0 Å². The highest BCUT2D eigenvalue weighted by Crippen LogP contribution is 2.22. The summed E-state index contributed by atoms with van der Waals surface area (Å²) < 4.78 is 0. The Morgan fingerprint density at radius 3 is 1.55 bits per heavy atom. The van der Waals surface area contributed by atoms with Crippen molar-refractivity contribution in [3.05, 3.63) is 29.8 Å². The van der Waals surface area contributed by atoms with Crippen LogP contribution >= 0.6 is 0 Å². The lowest BCUT2D eigenvalue weighted by molar-refractivity contribution is -0.144. The summed E-state index contributed by atoms with van der Waals surface area (Å²) in [6.07, 6.45) is -4.37. The van der Waals surface area contributed by atoms with E-state index < -0.39 is 224 Å². The van der Waals surface area contributed by atoms with Crippen molar-refractivity contribution < 1.29 is 107 Å². The zero-order valence-electron chi connectivity index (χ0n) is 51.1. The summed E-state index contributed by atoms with van der Waals surface area (Å²) in [6, 6.07) is -10.5. The van der Waals surface area contributed by atoms with Crippen molar-refractivity contribution in [2.45, 2.75) is 179 Å². The Morgan fingerprint density at radius 1 is 0.560 bits per heavy atom. The van der Waals surface area contributed by atoms with Gasteiger partial charge in [-0.15, -0.1) is 0 Å². The number of carbonyl (C=O) groups excluding carboxylic acids is 14. The van der Waals surface area contributed by atoms with E-state index in [1.54, 1.807) is 20.8 Å². The predicted octanol–water partition coefficient (Wildman–Crippen LogP) is -5.95. The molecule has 1 heterocycles. The fraction of sp³-hybridized carbons (Fsp3) is 0.589. The molecule has 91 heavy (non-hydrogen) atoms. The summed E-state index contributed by atoms with van der Waals surface area (Å²) >= 11 is 0. The monoisotopic (exact) mass is 1290 g/mol. The molecule has 1 aliphatic rings. The first-order valence-electron chi connectivity index (χ1n) is 29.0. The van der Waals surface area contributed by atoms with E-state index in [-0.39, 0.29) is 50.8 Å². The van der Waals surface area contributed by atoms with Crippen molar-refractivity contribution in [1.82, 2.24) is 58.1 Å². The zero-order chi connectivity index (χ0) is 69.0. The van der Waals surface area contributed by atoms with Gasteiger partial charge in [0.2, 0.25) is 76.7 Å². The van der Waals surface area contributed by atoms with E-state index >= 15 is 0 Å². The highest BCUT2D eigenvalue weighted by molar-refractivity contribution is 6.38. The SMILES string of the molecule is CCC[C@H](NC(=O)[C@@H]1CCCN1C(=O)[C@@H](NC(=O)[C@@H](NC(=O)[C@H](CCC(=O)O)NC(=O)[C@H](CCC(=O)O)NC(C)=O)C(C)C)C(C)C)C(=O)C(=O)NCC(=O)N[C@H](CCC(N)=O)C(=O)N[C@@H](CC(=O)O)C(=O)N[C@H](Cc1ccc(O)cc1)C(=O)N[C@@H](CO)C(N)=O. The third-order valence-corrected chi connectivity index (χ3v) is 14.0. The number of aliphatic carboxylic acids is 3. The number of Topliss-reactive ketones (excluding diaryl/α,β-unsaturated/α-hetero) is 1.